The molecule has 0 spiro atoms. The van der Waals surface area contributed by atoms with E-state index in [4.69, 9.17) is 28.0 Å². The topological polar surface area (TPSA) is 26.5 Å². The monoisotopic (exact) mass is 460 g/mol. The third kappa shape index (κ3) is 4.19. The lowest BCUT2D eigenvalue weighted by atomic mass is 9.95. The number of aromatic nitrogens is 1. The molecule has 32 heavy (non-hydrogen) atoms. The molecule has 3 aromatic carbocycles. The van der Waals surface area contributed by atoms with Gasteiger partial charge in [0.15, 0.2) is 0 Å². The van der Waals surface area contributed by atoms with Crippen LogP contribution in [0, 0.1) is 0 Å². The molecule has 0 N–H and O–H groups in total. The fourth-order valence-corrected chi connectivity index (χ4v) is 4.53. The molecule has 0 unspecified atom stereocenters. The van der Waals surface area contributed by atoms with Crippen molar-refractivity contribution in [2.75, 3.05) is 0 Å². The lowest BCUT2D eigenvalue weighted by Crippen LogP contribution is -2.14. The molecule has 0 fully saturated rings. The van der Waals surface area contributed by atoms with Crippen molar-refractivity contribution in [2.45, 2.75) is 25.9 Å². The standard InChI is InChI=1S/C27H22Cl2N2O/c28-23-15-14-19(16-24(23)29)18-32-30-25-12-7-13-26-22(25)17-27(20-8-3-1-4-9-20)31(26)21-10-5-2-6-11-21/h1-6,8-11,14-17H,7,12-13,18H2. The summed E-state index contributed by atoms with van der Waals surface area (Å²) in [6, 6.07) is 28.7. The normalized spacial score (nSPS) is 14.4. The number of halogens is 2. The van der Waals surface area contributed by atoms with Crippen molar-refractivity contribution < 1.29 is 4.84 Å². The van der Waals surface area contributed by atoms with Gasteiger partial charge in [0, 0.05) is 16.9 Å². The van der Waals surface area contributed by atoms with E-state index in [0.29, 0.717) is 16.7 Å². The average Bonchev–Trinajstić information content (AvgIpc) is 3.23. The molecule has 5 heteroatoms. The maximum atomic E-state index is 6.12. The van der Waals surface area contributed by atoms with E-state index in [1.807, 2.05) is 24.3 Å². The van der Waals surface area contributed by atoms with E-state index in [-0.39, 0.29) is 0 Å². The zero-order chi connectivity index (χ0) is 21.9. The quantitative estimate of drug-likeness (QED) is 0.280. The van der Waals surface area contributed by atoms with Crippen LogP contribution in [0.3, 0.4) is 0 Å². The molecule has 0 atom stereocenters. The van der Waals surface area contributed by atoms with Crippen molar-refractivity contribution in [3.63, 3.8) is 0 Å². The summed E-state index contributed by atoms with van der Waals surface area (Å²) in [5, 5.41) is 5.60. The van der Waals surface area contributed by atoms with Crippen LogP contribution in [0.1, 0.15) is 29.7 Å². The number of nitrogens with zero attached hydrogens (tertiary/aromatic N) is 2. The van der Waals surface area contributed by atoms with Crippen LogP contribution in [0.4, 0.5) is 0 Å². The van der Waals surface area contributed by atoms with Crippen LogP contribution in [0.5, 0.6) is 0 Å². The van der Waals surface area contributed by atoms with Crippen LogP contribution >= 0.6 is 23.2 Å². The van der Waals surface area contributed by atoms with Gasteiger partial charge in [-0.15, -0.1) is 0 Å². The summed E-state index contributed by atoms with van der Waals surface area (Å²) >= 11 is 12.1. The Balaban J connectivity index is 1.51. The number of hydrogen-bond donors (Lipinski definition) is 0. The number of benzene rings is 3. The predicted molar refractivity (Wildman–Crippen MR) is 132 cm³/mol. The molecule has 0 saturated carbocycles. The minimum atomic E-state index is 0.348. The summed E-state index contributed by atoms with van der Waals surface area (Å²) in [5.41, 5.74) is 7.87. The molecule has 1 aliphatic rings. The second-order valence-electron chi connectivity index (χ2n) is 7.84. The van der Waals surface area contributed by atoms with E-state index in [0.717, 1.165) is 41.8 Å². The highest BCUT2D eigenvalue weighted by Crippen LogP contribution is 2.34. The van der Waals surface area contributed by atoms with E-state index in [2.05, 4.69) is 64.3 Å². The smallest absolute Gasteiger partial charge is 0.142 e. The highest BCUT2D eigenvalue weighted by atomic mass is 35.5. The van der Waals surface area contributed by atoms with Gasteiger partial charge in [-0.25, -0.2) is 0 Å². The molecule has 1 aliphatic carbocycles. The summed E-state index contributed by atoms with van der Waals surface area (Å²) in [6.45, 7) is 0.348. The van der Waals surface area contributed by atoms with Crippen molar-refractivity contribution in [1.82, 2.24) is 4.57 Å². The van der Waals surface area contributed by atoms with Crippen molar-refractivity contribution >= 4 is 28.9 Å². The first-order valence-corrected chi connectivity index (χ1v) is 11.4. The molecule has 4 aromatic rings. The molecule has 160 valence electrons. The summed E-state index contributed by atoms with van der Waals surface area (Å²) in [5.74, 6) is 0. The molecule has 1 aromatic heterocycles. The number of rotatable bonds is 5. The summed E-state index contributed by atoms with van der Waals surface area (Å²) < 4.78 is 2.36. The van der Waals surface area contributed by atoms with Crippen LogP contribution in [0.25, 0.3) is 16.9 Å². The zero-order valence-electron chi connectivity index (χ0n) is 17.5. The van der Waals surface area contributed by atoms with Crippen LogP contribution in [-0.4, -0.2) is 10.3 Å². The zero-order valence-corrected chi connectivity index (χ0v) is 19.0. The van der Waals surface area contributed by atoms with Gasteiger partial charge in [-0.2, -0.15) is 0 Å². The first kappa shape index (κ1) is 20.9. The molecule has 1 heterocycles. The van der Waals surface area contributed by atoms with Crippen LogP contribution in [0.2, 0.25) is 10.0 Å². The second kappa shape index (κ2) is 9.23. The van der Waals surface area contributed by atoms with Crippen molar-refractivity contribution in [1.29, 1.82) is 0 Å². The SMILES string of the molecule is Clc1ccc(CON=C2CCCc3c2cc(-c2ccccc2)n3-c2ccccc2)cc1Cl. The largest absolute Gasteiger partial charge is 0.391 e. The Morgan fingerprint density at radius 1 is 0.812 bits per heavy atom. The molecule has 0 aliphatic heterocycles. The van der Waals surface area contributed by atoms with E-state index in [1.165, 1.54) is 17.0 Å². The Hall–Kier alpha value is -3.01. The number of oxime groups is 1. The summed E-state index contributed by atoms with van der Waals surface area (Å²) in [4.78, 5) is 5.75. The van der Waals surface area contributed by atoms with Crippen LogP contribution in [0.15, 0.2) is 90.1 Å². The number of para-hydroxylation sites is 1. The van der Waals surface area contributed by atoms with Gasteiger partial charge in [0.05, 0.1) is 21.5 Å². The summed E-state index contributed by atoms with van der Waals surface area (Å²) in [6.07, 6.45) is 2.93. The molecule has 3 nitrogen and oxygen atoms in total. The molecule has 0 amide bonds. The van der Waals surface area contributed by atoms with E-state index in [1.54, 1.807) is 6.07 Å². The first-order valence-electron chi connectivity index (χ1n) is 10.7. The highest BCUT2D eigenvalue weighted by molar-refractivity contribution is 6.42. The van der Waals surface area contributed by atoms with Gasteiger partial charge in [0.25, 0.3) is 0 Å². The third-order valence-electron chi connectivity index (χ3n) is 5.71. The lowest BCUT2D eigenvalue weighted by Gasteiger charge is -2.18. The van der Waals surface area contributed by atoms with Crippen molar-refractivity contribution in [3.8, 4) is 16.9 Å². The predicted octanol–water partition coefficient (Wildman–Crippen LogP) is 7.71. The Bertz CT molecular complexity index is 1260. The van der Waals surface area contributed by atoms with Gasteiger partial charge in [0.1, 0.15) is 6.61 Å². The molecule has 5 rings (SSSR count). The molecule has 0 bridgehead atoms. The maximum Gasteiger partial charge on any atom is 0.142 e. The molecule has 0 radical (unpaired) electrons. The van der Waals surface area contributed by atoms with Gasteiger partial charge in [-0.3, -0.25) is 0 Å². The Labute approximate surface area is 197 Å². The molecule has 0 saturated heterocycles. The fourth-order valence-electron chi connectivity index (χ4n) is 4.21. The number of hydrogen-bond acceptors (Lipinski definition) is 2. The van der Waals surface area contributed by atoms with Gasteiger partial charge in [-0.05, 0) is 60.7 Å². The second-order valence-corrected chi connectivity index (χ2v) is 8.65. The van der Waals surface area contributed by atoms with Crippen molar-refractivity contribution in [2.24, 2.45) is 5.16 Å². The Kier molecular flexibility index (Phi) is 6.02. The fraction of sp³-hybridized carbons (Fsp3) is 0.148. The maximum absolute atomic E-state index is 6.12. The van der Waals surface area contributed by atoms with Crippen LogP contribution < -0.4 is 0 Å². The molecular formula is C27H22Cl2N2O. The lowest BCUT2D eigenvalue weighted by molar-refractivity contribution is 0.130. The Morgan fingerprint density at radius 2 is 1.56 bits per heavy atom. The van der Waals surface area contributed by atoms with Gasteiger partial charge in [0.2, 0.25) is 0 Å². The van der Waals surface area contributed by atoms with Crippen LogP contribution in [-0.2, 0) is 17.9 Å². The van der Waals surface area contributed by atoms with Gasteiger partial charge >= 0.3 is 0 Å². The van der Waals surface area contributed by atoms with Crippen molar-refractivity contribution in [3.05, 3.63) is 112 Å². The minimum Gasteiger partial charge on any atom is -0.391 e. The van der Waals surface area contributed by atoms with E-state index >= 15 is 0 Å². The van der Waals surface area contributed by atoms with Gasteiger partial charge < -0.3 is 9.40 Å². The Morgan fingerprint density at radius 3 is 2.31 bits per heavy atom. The van der Waals surface area contributed by atoms with Gasteiger partial charge in [-0.1, -0.05) is 83.0 Å². The minimum absolute atomic E-state index is 0.348. The summed E-state index contributed by atoms with van der Waals surface area (Å²) in [7, 11) is 0. The van der Waals surface area contributed by atoms with E-state index < -0.39 is 0 Å². The average molecular weight is 461 g/mol. The number of fused-ring (bicyclic) bond motifs is 1. The first-order chi connectivity index (χ1) is 15.7. The van der Waals surface area contributed by atoms with E-state index in [9.17, 15) is 0 Å². The third-order valence-corrected chi connectivity index (χ3v) is 6.45. The molecular weight excluding hydrogens is 439 g/mol. The highest BCUT2D eigenvalue weighted by Gasteiger charge is 2.24.